The molecule has 0 spiro atoms. The third-order valence-electron chi connectivity index (χ3n) is 2.92. The summed E-state index contributed by atoms with van der Waals surface area (Å²) in [5.41, 5.74) is -0.891. The molecular weight excluding hydrogens is 178 g/mol. The molecule has 14 heavy (non-hydrogen) atoms. The summed E-state index contributed by atoms with van der Waals surface area (Å²) in [7, 11) is 0. The maximum Gasteiger partial charge on any atom is 0.251 e. The minimum Gasteiger partial charge on any atom is -0.381 e. The van der Waals surface area contributed by atoms with E-state index >= 15 is 0 Å². The summed E-state index contributed by atoms with van der Waals surface area (Å²) in [4.78, 5) is 11.4. The minimum absolute atomic E-state index is 0.264. The van der Waals surface area contributed by atoms with Crippen LogP contribution in [-0.2, 0) is 4.79 Å². The topological polar surface area (TPSA) is 49.3 Å². The van der Waals surface area contributed by atoms with Crippen LogP contribution in [0.2, 0.25) is 0 Å². The van der Waals surface area contributed by atoms with E-state index in [4.69, 9.17) is 0 Å². The van der Waals surface area contributed by atoms with E-state index in [0.29, 0.717) is 5.41 Å². The average Bonchev–Trinajstić information content (AvgIpc) is 2.80. The smallest absolute Gasteiger partial charge is 0.251 e. The summed E-state index contributed by atoms with van der Waals surface area (Å²) in [5, 5.41) is 12.2. The number of hydrogen-bond acceptors (Lipinski definition) is 2. The Hall–Kier alpha value is -0.570. The second-order valence-electron chi connectivity index (χ2n) is 4.99. The fourth-order valence-corrected chi connectivity index (χ4v) is 1.71. The van der Waals surface area contributed by atoms with Crippen LogP contribution >= 0.6 is 0 Å². The standard InChI is InChI=1S/C11H21NO2/c1-4-5-11(6-7-11)8-12-9(13)10(2,3)14/h14H,4-8H2,1-3H3,(H,12,13). The van der Waals surface area contributed by atoms with Gasteiger partial charge in [0, 0.05) is 6.54 Å². The number of carbonyl (C=O) groups is 1. The lowest BCUT2D eigenvalue weighted by molar-refractivity contribution is -0.136. The summed E-state index contributed by atoms with van der Waals surface area (Å²) < 4.78 is 0. The molecule has 3 nitrogen and oxygen atoms in total. The predicted molar refractivity (Wildman–Crippen MR) is 55.9 cm³/mol. The molecule has 2 N–H and O–H groups in total. The van der Waals surface area contributed by atoms with Crippen LogP contribution in [0.1, 0.15) is 46.5 Å². The molecule has 82 valence electrons. The number of hydrogen-bond donors (Lipinski definition) is 2. The Morgan fingerprint density at radius 1 is 1.50 bits per heavy atom. The first-order valence-corrected chi connectivity index (χ1v) is 5.40. The van der Waals surface area contributed by atoms with E-state index in [-0.39, 0.29) is 5.91 Å². The van der Waals surface area contributed by atoms with Crippen LogP contribution in [0.3, 0.4) is 0 Å². The first kappa shape index (κ1) is 11.5. The van der Waals surface area contributed by atoms with E-state index in [0.717, 1.165) is 6.54 Å². The number of rotatable bonds is 5. The van der Waals surface area contributed by atoms with Gasteiger partial charge in [-0.25, -0.2) is 0 Å². The van der Waals surface area contributed by atoms with E-state index in [1.165, 1.54) is 39.5 Å². The normalized spacial score (nSPS) is 19.1. The van der Waals surface area contributed by atoms with Gasteiger partial charge in [0.15, 0.2) is 0 Å². The Morgan fingerprint density at radius 3 is 2.43 bits per heavy atom. The molecule has 0 heterocycles. The maximum absolute atomic E-state index is 11.4. The van der Waals surface area contributed by atoms with Crippen molar-refractivity contribution in [2.75, 3.05) is 6.54 Å². The Labute approximate surface area is 85.9 Å². The molecule has 0 unspecified atom stereocenters. The first-order chi connectivity index (χ1) is 6.40. The highest BCUT2D eigenvalue weighted by Gasteiger charge is 2.42. The van der Waals surface area contributed by atoms with Crippen molar-refractivity contribution in [1.82, 2.24) is 5.32 Å². The van der Waals surface area contributed by atoms with E-state index in [9.17, 15) is 9.90 Å². The van der Waals surface area contributed by atoms with E-state index in [1.54, 1.807) is 0 Å². The monoisotopic (exact) mass is 199 g/mol. The van der Waals surface area contributed by atoms with Crippen LogP contribution in [0.4, 0.5) is 0 Å². The zero-order valence-corrected chi connectivity index (χ0v) is 9.39. The van der Waals surface area contributed by atoms with E-state index in [2.05, 4.69) is 12.2 Å². The van der Waals surface area contributed by atoms with Gasteiger partial charge < -0.3 is 10.4 Å². The molecule has 0 radical (unpaired) electrons. The van der Waals surface area contributed by atoms with Gasteiger partial charge in [0.05, 0.1) is 0 Å². The fourth-order valence-electron chi connectivity index (χ4n) is 1.71. The van der Waals surface area contributed by atoms with Gasteiger partial charge >= 0.3 is 0 Å². The molecule has 0 bridgehead atoms. The lowest BCUT2D eigenvalue weighted by atomic mass is 10.00. The summed E-state index contributed by atoms with van der Waals surface area (Å²) in [6.45, 7) is 5.92. The third-order valence-corrected chi connectivity index (χ3v) is 2.92. The molecule has 0 aromatic rings. The van der Waals surface area contributed by atoms with Crippen LogP contribution < -0.4 is 5.32 Å². The van der Waals surface area contributed by atoms with Gasteiger partial charge in [0.1, 0.15) is 5.60 Å². The maximum atomic E-state index is 11.4. The molecule has 1 saturated carbocycles. The van der Waals surface area contributed by atoms with Crippen LogP contribution in [0, 0.1) is 5.41 Å². The zero-order valence-electron chi connectivity index (χ0n) is 9.39. The van der Waals surface area contributed by atoms with Gasteiger partial charge in [-0.05, 0) is 38.5 Å². The number of carbonyl (C=O) groups excluding carboxylic acids is 1. The van der Waals surface area contributed by atoms with Crippen molar-refractivity contribution in [3.05, 3.63) is 0 Å². The molecule has 1 amide bonds. The average molecular weight is 199 g/mol. The zero-order chi connectivity index (χ0) is 10.8. The van der Waals surface area contributed by atoms with Gasteiger partial charge in [0.25, 0.3) is 5.91 Å². The summed E-state index contributed by atoms with van der Waals surface area (Å²) >= 11 is 0. The molecule has 3 heteroatoms. The molecule has 1 fully saturated rings. The highest BCUT2D eigenvalue weighted by atomic mass is 16.3. The Morgan fingerprint density at radius 2 is 2.07 bits per heavy atom. The quantitative estimate of drug-likeness (QED) is 0.704. The highest BCUT2D eigenvalue weighted by molar-refractivity contribution is 5.83. The second-order valence-corrected chi connectivity index (χ2v) is 4.99. The fraction of sp³-hybridized carbons (Fsp3) is 0.909. The van der Waals surface area contributed by atoms with Crippen LogP contribution in [-0.4, -0.2) is 23.2 Å². The molecular formula is C11H21NO2. The van der Waals surface area contributed by atoms with Crippen molar-refractivity contribution in [2.24, 2.45) is 5.41 Å². The van der Waals surface area contributed by atoms with E-state index in [1.807, 2.05) is 0 Å². The Balaban J connectivity index is 2.30. The first-order valence-electron chi connectivity index (χ1n) is 5.40. The van der Waals surface area contributed by atoms with Crippen molar-refractivity contribution < 1.29 is 9.90 Å². The minimum atomic E-state index is -1.25. The number of amides is 1. The molecule has 1 aliphatic carbocycles. The largest absolute Gasteiger partial charge is 0.381 e. The van der Waals surface area contributed by atoms with Gasteiger partial charge in [0.2, 0.25) is 0 Å². The lowest BCUT2D eigenvalue weighted by Gasteiger charge is -2.20. The highest BCUT2D eigenvalue weighted by Crippen LogP contribution is 2.48. The summed E-state index contributed by atoms with van der Waals surface area (Å²) in [6, 6.07) is 0. The van der Waals surface area contributed by atoms with Crippen molar-refractivity contribution in [3.63, 3.8) is 0 Å². The summed E-state index contributed by atoms with van der Waals surface area (Å²) in [6.07, 6.45) is 4.78. The third kappa shape index (κ3) is 2.98. The second kappa shape index (κ2) is 3.89. The van der Waals surface area contributed by atoms with Crippen molar-refractivity contribution >= 4 is 5.91 Å². The van der Waals surface area contributed by atoms with Gasteiger partial charge in [-0.15, -0.1) is 0 Å². The van der Waals surface area contributed by atoms with Crippen LogP contribution in [0.25, 0.3) is 0 Å². The Bertz CT molecular complexity index is 214. The summed E-state index contributed by atoms with van der Waals surface area (Å²) in [5.74, 6) is -0.264. The number of aliphatic hydroxyl groups is 1. The molecule has 0 atom stereocenters. The lowest BCUT2D eigenvalue weighted by Crippen LogP contribution is -2.44. The van der Waals surface area contributed by atoms with Gasteiger partial charge in [-0.2, -0.15) is 0 Å². The predicted octanol–water partition coefficient (Wildman–Crippen LogP) is 1.45. The van der Waals surface area contributed by atoms with E-state index < -0.39 is 5.60 Å². The van der Waals surface area contributed by atoms with Gasteiger partial charge in [-0.1, -0.05) is 13.3 Å². The van der Waals surface area contributed by atoms with Crippen molar-refractivity contribution in [2.45, 2.75) is 52.1 Å². The van der Waals surface area contributed by atoms with Crippen LogP contribution in [0.15, 0.2) is 0 Å². The molecule has 0 aliphatic heterocycles. The van der Waals surface area contributed by atoms with Crippen LogP contribution in [0.5, 0.6) is 0 Å². The van der Waals surface area contributed by atoms with Crippen molar-refractivity contribution in [3.8, 4) is 0 Å². The van der Waals surface area contributed by atoms with Gasteiger partial charge in [-0.3, -0.25) is 4.79 Å². The number of nitrogens with one attached hydrogen (secondary N) is 1. The molecule has 0 aromatic carbocycles. The molecule has 1 aliphatic rings. The SMILES string of the molecule is CCCC1(CNC(=O)C(C)(C)O)CC1. The molecule has 0 aromatic heterocycles. The molecule has 0 saturated heterocycles. The van der Waals surface area contributed by atoms with Crippen molar-refractivity contribution in [1.29, 1.82) is 0 Å². The molecule has 1 rings (SSSR count). The Kier molecular flexibility index (Phi) is 3.20.